The van der Waals surface area contributed by atoms with Gasteiger partial charge in [-0.15, -0.1) is 0 Å². The molecule has 0 atom stereocenters. The van der Waals surface area contributed by atoms with Crippen LogP contribution in [0, 0.1) is 0 Å². The summed E-state index contributed by atoms with van der Waals surface area (Å²) in [4.78, 5) is 10.1. The van der Waals surface area contributed by atoms with Gasteiger partial charge in [-0.1, -0.05) is 127 Å². The SMILES string of the molecule is c1ccc(-c2nc(-c3ccc(-n4c5ccccc5c5ccc6c7ccccc7n(-c7ccccc7)c6c54)cc3)c3c(n2)oc2ccccc23)cc1. The first-order chi connectivity index (χ1) is 25.3. The van der Waals surface area contributed by atoms with E-state index >= 15 is 0 Å². The molecule has 11 aromatic rings. The number of hydrogen-bond donors (Lipinski definition) is 0. The highest BCUT2D eigenvalue weighted by molar-refractivity contribution is 6.23. The highest BCUT2D eigenvalue weighted by Gasteiger charge is 2.22. The van der Waals surface area contributed by atoms with Gasteiger partial charge in [-0.05, 0) is 42.5 Å². The fraction of sp³-hybridized carbons (Fsp3) is 0. The van der Waals surface area contributed by atoms with Gasteiger partial charge in [0.2, 0.25) is 5.71 Å². The van der Waals surface area contributed by atoms with Crippen LogP contribution in [0.3, 0.4) is 0 Å². The van der Waals surface area contributed by atoms with E-state index in [1.807, 2.05) is 48.5 Å². The monoisotopic (exact) mass is 652 g/mol. The molecule has 0 aliphatic carbocycles. The van der Waals surface area contributed by atoms with Crippen LogP contribution in [-0.2, 0) is 0 Å². The standard InChI is InChI=1S/C46H28N4O/c1-3-13-30(14-4-1)45-47-42(41-37-19-9-12-22-40(37)51-46(41)48-45)29-23-25-32(26-24-29)50-39-21-11-8-18-34(39)36-28-27-35-33-17-7-10-20-38(33)49(43(35)44(36)50)31-15-5-2-6-16-31/h1-28H. The highest BCUT2D eigenvalue weighted by Crippen LogP contribution is 2.42. The van der Waals surface area contributed by atoms with Gasteiger partial charge < -0.3 is 13.6 Å². The van der Waals surface area contributed by atoms with Crippen LogP contribution in [0.4, 0.5) is 0 Å². The molecule has 0 N–H and O–H groups in total. The zero-order valence-corrected chi connectivity index (χ0v) is 27.4. The van der Waals surface area contributed by atoms with E-state index in [1.54, 1.807) is 0 Å². The Kier molecular flexibility index (Phi) is 5.89. The van der Waals surface area contributed by atoms with Gasteiger partial charge >= 0.3 is 0 Å². The molecule has 0 saturated carbocycles. The first kappa shape index (κ1) is 27.9. The van der Waals surface area contributed by atoms with Gasteiger partial charge in [0, 0.05) is 49.4 Å². The van der Waals surface area contributed by atoms with Crippen molar-refractivity contribution in [2.45, 2.75) is 0 Å². The lowest BCUT2D eigenvalue weighted by atomic mass is 10.0. The molecule has 4 aromatic heterocycles. The third kappa shape index (κ3) is 4.09. The summed E-state index contributed by atoms with van der Waals surface area (Å²) in [7, 11) is 0. The summed E-state index contributed by atoms with van der Waals surface area (Å²) >= 11 is 0. The maximum absolute atomic E-state index is 6.31. The predicted octanol–water partition coefficient (Wildman–Crippen LogP) is 11.9. The van der Waals surface area contributed by atoms with Gasteiger partial charge in [0.05, 0.1) is 33.1 Å². The maximum Gasteiger partial charge on any atom is 0.231 e. The molecule has 5 nitrogen and oxygen atoms in total. The Labute approximate surface area is 292 Å². The molecule has 0 unspecified atom stereocenters. The van der Waals surface area contributed by atoms with Crippen molar-refractivity contribution in [1.82, 2.24) is 19.1 Å². The summed E-state index contributed by atoms with van der Waals surface area (Å²) in [6.07, 6.45) is 0. The number of aromatic nitrogens is 4. The lowest BCUT2D eigenvalue weighted by molar-refractivity contribution is 0.653. The minimum absolute atomic E-state index is 0.586. The van der Waals surface area contributed by atoms with E-state index in [0.29, 0.717) is 11.5 Å². The van der Waals surface area contributed by atoms with Crippen molar-refractivity contribution >= 4 is 65.7 Å². The summed E-state index contributed by atoms with van der Waals surface area (Å²) in [6.45, 7) is 0. The van der Waals surface area contributed by atoms with E-state index in [4.69, 9.17) is 14.4 Å². The molecule has 0 fully saturated rings. The van der Waals surface area contributed by atoms with Crippen molar-refractivity contribution in [1.29, 1.82) is 0 Å². The number of fused-ring (bicyclic) bond motifs is 10. The molecule has 4 heterocycles. The van der Waals surface area contributed by atoms with Crippen LogP contribution in [0.15, 0.2) is 174 Å². The number of furan rings is 1. The third-order valence-electron chi connectivity index (χ3n) is 10.2. The first-order valence-corrected chi connectivity index (χ1v) is 17.2. The molecule has 0 aliphatic heterocycles. The Morgan fingerprint density at radius 1 is 0.392 bits per heavy atom. The molecule has 0 amide bonds. The van der Waals surface area contributed by atoms with E-state index in [-0.39, 0.29) is 0 Å². The van der Waals surface area contributed by atoms with E-state index in [0.717, 1.165) is 50.1 Å². The van der Waals surface area contributed by atoms with Crippen LogP contribution in [0.5, 0.6) is 0 Å². The molecule has 0 radical (unpaired) electrons. The summed E-state index contributed by atoms with van der Waals surface area (Å²) in [5.74, 6) is 0.639. The topological polar surface area (TPSA) is 48.8 Å². The zero-order chi connectivity index (χ0) is 33.5. The minimum Gasteiger partial charge on any atom is -0.438 e. The number of nitrogens with zero attached hydrogens (tertiary/aromatic N) is 4. The van der Waals surface area contributed by atoms with Crippen molar-refractivity contribution in [3.05, 3.63) is 170 Å². The quantitative estimate of drug-likeness (QED) is 0.190. The second-order valence-corrected chi connectivity index (χ2v) is 13.0. The van der Waals surface area contributed by atoms with E-state index in [2.05, 4.69) is 130 Å². The summed E-state index contributed by atoms with van der Waals surface area (Å²) in [6, 6.07) is 59.7. The van der Waals surface area contributed by atoms with Crippen molar-refractivity contribution in [2.75, 3.05) is 0 Å². The molecule has 0 saturated heterocycles. The molecule has 51 heavy (non-hydrogen) atoms. The van der Waals surface area contributed by atoms with E-state index in [1.165, 1.54) is 38.1 Å². The fourth-order valence-electron chi connectivity index (χ4n) is 7.93. The minimum atomic E-state index is 0.586. The molecular weight excluding hydrogens is 625 g/mol. The largest absolute Gasteiger partial charge is 0.438 e. The van der Waals surface area contributed by atoms with Gasteiger partial charge in [-0.2, -0.15) is 4.98 Å². The number of para-hydroxylation sites is 4. The zero-order valence-electron chi connectivity index (χ0n) is 27.4. The first-order valence-electron chi connectivity index (χ1n) is 17.2. The van der Waals surface area contributed by atoms with Gasteiger partial charge in [0.15, 0.2) is 5.82 Å². The van der Waals surface area contributed by atoms with Crippen molar-refractivity contribution in [3.8, 4) is 34.0 Å². The normalized spacial score (nSPS) is 11.9. The average molecular weight is 653 g/mol. The Hall–Kier alpha value is -6.98. The Balaban J connectivity index is 1.19. The molecule has 7 aromatic carbocycles. The smallest absolute Gasteiger partial charge is 0.231 e. The van der Waals surface area contributed by atoms with Crippen LogP contribution < -0.4 is 0 Å². The van der Waals surface area contributed by atoms with Crippen LogP contribution in [-0.4, -0.2) is 19.1 Å². The van der Waals surface area contributed by atoms with Gasteiger partial charge in [0.1, 0.15) is 5.58 Å². The molecule has 5 heteroatoms. The third-order valence-corrected chi connectivity index (χ3v) is 10.2. The highest BCUT2D eigenvalue weighted by atomic mass is 16.3. The van der Waals surface area contributed by atoms with Crippen LogP contribution in [0.2, 0.25) is 0 Å². The van der Waals surface area contributed by atoms with Crippen molar-refractivity contribution < 1.29 is 4.42 Å². The number of hydrogen-bond acceptors (Lipinski definition) is 3. The molecular formula is C46H28N4O. The van der Waals surface area contributed by atoms with E-state index < -0.39 is 0 Å². The summed E-state index contributed by atoms with van der Waals surface area (Å²) < 4.78 is 11.2. The molecule has 0 spiro atoms. The van der Waals surface area contributed by atoms with Crippen LogP contribution in [0.25, 0.3) is 99.7 Å². The average Bonchev–Trinajstić information content (AvgIpc) is 3.86. The molecule has 0 bridgehead atoms. The number of benzene rings is 7. The Morgan fingerprint density at radius 2 is 0.922 bits per heavy atom. The second-order valence-electron chi connectivity index (χ2n) is 13.0. The lowest BCUT2D eigenvalue weighted by Crippen LogP contribution is -1.99. The number of rotatable bonds is 4. The van der Waals surface area contributed by atoms with Gasteiger partial charge in [-0.3, -0.25) is 0 Å². The van der Waals surface area contributed by atoms with Crippen molar-refractivity contribution in [2.24, 2.45) is 0 Å². The Bertz CT molecular complexity index is 3120. The van der Waals surface area contributed by atoms with Crippen molar-refractivity contribution in [3.63, 3.8) is 0 Å². The predicted molar refractivity (Wildman–Crippen MR) is 209 cm³/mol. The maximum atomic E-state index is 6.31. The van der Waals surface area contributed by atoms with Crippen LogP contribution >= 0.6 is 0 Å². The Morgan fingerprint density at radius 3 is 1.57 bits per heavy atom. The molecule has 238 valence electrons. The molecule has 11 rings (SSSR count). The van der Waals surface area contributed by atoms with Gasteiger partial charge in [-0.25, -0.2) is 4.98 Å². The fourth-order valence-corrected chi connectivity index (χ4v) is 7.93. The lowest BCUT2D eigenvalue weighted by Gasteiger charge is -2.13. The summed E-state index contributed by atoms with van der Waals surface area (Å²) in [5, 5.41) is 6.83. The van der Waals surface area contributed by atoms with Gasteiger partial charge in [0.25, 0.3) is 0 Å². The second kappa shape index (κ2) is 10.8. The molecule has 0 aliphatic rings. The van der Waals surface area contributed by atoms with E-state index in [9.17, 15) is 0 Å². The summed E-state index contributed by atoms with van der Waals surface area (Å²) in [5.41, 5.74) is 11.1. The van der Waals surface area contributed by atoms with Crippen LogP contribution in [0.1, 0.15) is 0 Å².